The average Bonchev–Trinajstić information content (AvgIpc) is 2.87. The van der Waals surface area contributed by atoms with Crippen LogP contribution < -0.4 is 5.32 Å². The van der Waals surface area contributed by atoms with Crippen molar-refractivity contribution in [3.63, 3.8) is 0 Å². The van der Waals surface area contributed by atoms with Gasteiger partial charge in [0.15, 0.2) is 0 Å². The van der Waals surface area contributed by atoms with Crippen molar-refractivity contribution in [1.82, 2.24) is 10.2 Å². The van der Waals surface area contributed by atoms with Crippen molar-refractivity contribution in [1.29, 1.82) is 0 Å². The van der Waals surface area contributed by atoms with Crippen LogP contribution in [0.5, 0.6) is 0 Å². The van der Waals surface area contributed by atoms with Gasteiger partial charge in [-0.3, -0.25) is 10.1 Å². The SMILES string of the molecule is CC(C)CCC(C)N1C(=O)C2(CC2)NC1c1ccsc1. The van der Waals surface area contributed by atoms with E-state index in [1.807, 2.05) is 0 Å². The van der Waals surface area contributed by atoms with E-state index < -0.39 is 0 Å². The third-order valence-corrected chi connectivity index (χ3v) is 5.28. The minimum Gasteiger partial charge on any atom is -0.319 e. The highest BCUT2D eigenvalue weighted by Crippen LogP contribution is 2.47. The second-order valence-corrected chi connectivity index (χ2v) is 7.50. The van der Waals surface area contributed by atoms with Crippen molar-refractivity contribution >= 4 is 17.2 Å². The fraction of sp³-hybridized carbons (Fsp3) is 0.688. The molecule has 1 aliphatic heterocycles. The van der Waals surface area contributed by atoms with Gasteiger partial charge in [0.2, 0.25) is 5.91 Å². The molecule has 1 spiro atoms. The zero-order chi connectivity index (χ0) is 14.3. The van der Waals surface area contributed by atoms with Crippen LogP contribution in [0.2, 0.25) is 0 Å². The summed E-state index contributed by atoms with van der Waals surface area (Å²) in [5, 5.41) is 7.85. The summed E-state index contributed by atoms with van der Waals surface area (Å²) in [5.74, 6) is 1.02. The first-order chi connectivity index (χ1) is 9.53. The molecular formula is C16H24N2OS. The lowest BCUT2D eigenvalue weighted by atomic mass is 10.0. The number of carbonyl (C=O) groups excluding carboxylic acids is 1. The summed E-state index contributed by atoms with van der Waals surface area (Å²) in [6.07, 6.45) is 4.34. The molecule has 0 aromatic carbocycles. The van der Waals surface area contributed by atoms with Crippen LogP contribution in [0.1, 0.15) is 58.2 Å². The normalized spacial score (nSPS) is 25.7. The molecule has 1 N–H and O–H groups in total. The number of hydrogen-bond donors (Lipinski definition) is 1. The van der Waals surface area contributed by atoms with Crippen LogP contribution in [0.4, 0.5) is 0 Å². The van der Waals surface area contributed by atoms with Gasteiger partial charge in [0, 0.05) is 6.04 Å². The molecule has 4 heteroatoms. The summed E-state index contributed by atoms with van der Waals surface area (Å²) < 4.78 is 0. The molecule has 1 amide bonds. The molecule has 20 heavy (non-hydrogen) atoms. The molecule has 1 aliphatic carbocycles. The van der Waals surface area contributed by atoms with Crippen molar-refractivity contribution in [3.05, 3.63) is 22.4 Å². The van der Waals surface area contributed by atoms with Crippen molar-refractivity contribution in [2.45, 2.75) is 64.2 Å². The van der Waals surface area contributed by atoms with E-state index in [1.165, 1.54) is 12.0 Å². The number of rotatable bonds is 5. The average molecular weight is 292 g/mol. The van der Waals surface area contributed by atoms with Crippen LogP contribution >= 0.6 is 11.3 Å². The van der Waals surface area contributed by atoms with E-state index in [0.29, 0.717) is 17.9 Å². The Hall–Kier alpha value is -0.870. The van der Waals surface area contributed by atoms with Gasteiger partial charge in [-0.1, -0.05) is 13.8 Å². The van der Waals surface area contributed by atoms with Crippen LogP contribution in [0.25, 0.3) is 0 Å². The van der Waals surface area contributed by atoms with E-state index in [1.54, 1.807) is 11.3 Å². The predicted octanol–water partition coefficient (Wildman–Crippen LogP) is 3.54. The van der Waals surface area contributed by atoms with Crippen molar-refractivity contribution < 1.29 is 4.79 Å². The smallest absolute Gasteiger partial charge is 0.244 e. The first-order valence-electron chi connectivity index (χ1n) is 7.66. The molecule has 2 aliphatic rings. The number of thiophene rings is 1. The van der Waals surface area contributed by atoms with Crippen LogP contribution in [0, 0.1) is 5.92 Å². The topological polar surface area (TPSA) is 32.3 Å². The Balaban J connectivity index is 1.79. The zero-order valence-corrected chi connectivity index (χ0v) is 13.4. The predicted molar refractivity (Wildman–Crippen MR) is 82.5 cm³/mol. The molecule has 3 nitrogen and oxygen atoms in total. The van der Waals surface area contributed by atoms with Crippen molar-refractivity contribution in [2.75, 3.05) is 0 Å². The summed E-state index contributed by atoms with van der Waals surface area (Å²) in [5.41, 5.74) is 1.02. The Kier molecular flexibility index (Phi) is 3.63. The van der Waals surface area contributed by atoms with Crippen LogP contribution in [-0.2, 0) is 4.79 Å². The first kappa shape index (κ1) is 14.1. The summed E-state index contributed by atoms with van der Waals surface area (Å²) >= 11 is 1.70. The lowest BCUT2D eigenvalue weighted by molar-refractivity contribution is -0.133. The van der Waals surface area contributed by atoms with Gasteiger partial charge >= 0.3 is 0 Å². The highest BCUT2D eigenvalue weighted by Gasteiger charge is 2.60. The Morgan fingerprint density at radius 1 is 1.40 bits per heavy atom. The monoisotopic (exact) mass is 292 g/mol. The van der Waals surface area contributed by atoms with E-state index in [4.69, 9.17) is 0 Å². The van der Waals surface area contributed by atoms with E-state index >= 15 is 0 Å². The van der Waals surface area contributed by atoms with Crippen LogP contribution in [-0.4, -0.2) is 22.4 Å². The molecular weight excluding hydrogens is 268 g/mol. The number of amides is 1. The molecule has 0 radical (unpaired) electrons. The molecule has 1 aromatic heterocycles. The largest absolute Gasteiger partial charge is 0.319 e. The van der Waals surface area contributed by atoms with E-state index in [-0.39, 0.29) is 11.7 Å². The fourth-order valence-electron chi connectivity index (χ4n) is 3.08. The van der Waals surface area contributed by atoms with Gasteiger partial charge in [-0.2, -0.15) is 11.3 Å². The summed E-state index contributed by atoms with van der Waals surface area (Å²) in [6, 6.07) is 2.45. The molecule has 1 aromatic rings. The Morgan fingerprint density at radius 3 is 2.70 bits per heavy atom. The van der Waals surface area contributed by atoms with E-state index in [0.717, 1.165) is 19.3 Å². The molecule has 1 saturated carbocycles. The first-order valence-corrected chi connectivity index (χ1v) is 8.60. The second kappa shape index (κ2) is 5.15. The highest BCUT2D eigenvalue weighted by atomic mass is 32.1. The maximum atomic E-state index is 12.7. The minimum absolute atomic E-state index is 0.0819. The quantitative estimate of drug-likeness (QED) is 0.900. The Bertz CT molecular complexity index is 479. The number of carbonyl (C=O) groups is 1. The van der Waals surface area contributed by atoms with Gasteiger partial charge in [-0.05, 0) is 60.9 Å². The van der Waals surface area contributed by atoms with Crippen LogP contribution in [0.15, 0.2) is 16.8 Å². The lowest BCUT2D eigenvalue weighted by Gasteiger charge is -2.30. The fourth-order valence-corrected chi connectivity index (χ4v) is 3.76. The molecule has 3 rings (SSSR count). The third-order valence-electron chi connectivity index (χ3n) is 4.58. The molecule has 110 valence electrons. The Morgan fingerprint density at radius 2 is 2.15 bits per heavy atom. The third kappa shape index (κ3) is 2.40. The standard InChI is InChI=1S/C16H24N2OS/c1-11(2)4-5-12(3)18-14(13-6-9-20-10-13)17-16(7-8-16)15(18)19/h6,9-12,14,17H,4-5,7-8H2,1-3H3. The highest BCUT2D eigenvalue weighted by molar-refractivity contribution is 7.07. The van der Waals surface area contributed by atoms with Crippen LogP contribution in [0.3, 0.4) is 0 Å². The van der Waals surface area contributed by atoms with E-state index in [9.17, 15) is 4.79 Å². The second-order valence-electron chi connectivity index (χ2n) is 6.72. The summed E-state index contributed by atoms with van der Waals surface area (Å²) in [6.45, 7) is 6.69. The number of nitrogens with zero attached hydrogens (tertiary/aromatic N) is 1. The van der Waals surface area contributed by atoms with Gasteiger partial charge in [0.1, 0.15) is 11.7 Å². The maximum Gasteiger partial charge on any atom is 0.244 e. The molecule has 2 unspecified atom stereocenters. The lowest BCUT2D eigenvalue weighted by Crippen LogP contribution is -2.39. The summed E-state index contributed by atoms with van der Waals surface area (Å²) in [4.78, 5) is 14.9. The van der Waals surface area contributed by atoms with E-state index in [2.05, 4.69) is 47.8 Å². The van der Waals surface area contributed by atoms with Gasteiger partial charge in [-0.25, -0.2) is 0 Å². The van der Waals surface area contributed by atoms with Gasteiger partial charge in [0.25, 0.3) is 0 Å². The molecule has 1 saturated heterocycles. The molecule has 0 bridgehead atoms. The van der Waals surface area contributed by atoms with Gasteiger partial charge < -0.3 is 4.90 Å². The summed E-state index contributed by atoms with van der Waals surface area (Å²) in [7, 11) is 0. The van der Waals surface area contributed by atoms with Crippen molar-refractivity contribution in [2.24, 2.45) is 5.92 Å². The minimum atomic E-state index is -0.224. The van der Waals surface area contributed by atoms with Gasteiger partial charge in [-0.15, -0.1) is 0 Å². The zero-order valence-electron chi connectivity index (χ0n) is 12.6. The maximum absolute atomic E-state index is 12.7. The Labute approximate surface area is 125 Å². The van der Waals surface area contributed by atoms with Crippen molar-refractivity contribution in [3.8, 4) is 0 Å². The molecule has 2 fully saturated rings. The number of hydrogen-bond acceptors (Lipinski definition) is 3. The number of nitrogens with one attached hydrogen (secondary N) is 1. The van der Waals surface area contributed by atoms with Gasteiger partial charge in [0.05, 0.1) is 0 Å². The molecule has 2 atom stereocenters. The molecule has 2 heterocycles.